The summed E-state index contributed by atoms with van der Waals surface area (Å²) in [6, 6.07) is 8.11. The van der Waals surface area contributed by atoms with E-state index in [4.69, 9.17) is 4.98 Å². The lowest BCUT2D eigenvalue weighted by atomic mass is 9.98. The Kier molecular flexibility index (Phi) is 5.06. The molecule has 0 bridgehead atoms. The van der Waals surface area contributed by atoms with Crippen LogP contribution in [0, 0.1) is 0 Å². The van der Waals surface area contributed by atoms with Crippen LogP contribution >= 0.6 is 11.9 Å². The Morgan fingerprint density at radius 3 is 2.48 bits per heavy atom. The van der Waals surface area contributed by atoms with Crippen LogP contribution in [0.15, 0.2) is 52.7 Å². The molecule has 3 aromatic rings. The first kappa shape index (κ1) is 17.4. The molecule has 1 aromatic carbocycles. The normalized spacial score (nSPS) is 11.4. The number of H-pyrrole nitrogens is 1. The zero-order valence-electron chi connectivity index (χ0n) is 14.7. The van der Waals surface area contributed by atoms with Crippen LogP contribution in [-0.2, 0) is 0 Å². The Balaban J connectivity index is 2.11. The highest BCUT2D eigenvalue weighted by molar-refractivity contribution is 7.97. The number of aromatic nitrogens is 4. The van der Waals surface area contributed by atoms with Gasteiger partial charge in [0.25, 0.3) is 5.56 Å². The molecule has 0 aliphatic heterocycles. The molecule has 0 unspecified atom stereocenters. The molecule has 1 N–H and O–H groups in total. The minimum atomic E-state index is -0.115. The third-order valence-electron chi connectivity index (χ3n) is 3.68. The van der Waals surface area contributed by atoms with Gasteiger partial charge >= 0.3 is 0 Å². The van der Waals surface area contributed by atoms with Gasteiger partial charge in [-0.15, -0.1) is 0 Å². The molecule has 6 nitrogen and oxygen atoms in total. The molecule has 2 aromatic heterocycles. The van der Waals surface area contributed by atoms with Crippen LogP contribution in [0.5, 0.6) is 0 Å². The van der Waals surface area contributed by atoms with E-state index in [0.717, 1.165) is 10.5 Å². The smallest absolute Gasteiger partial charge is 0.256 e. The lowest BCUT2D eigenvalue weighted by Crippen LogP contribution is -2.20. The van der Waals surface area contributed by atoms with Gasteiger partial charge in [-0.25, -0.2) is 9.97 Å². The van der Waals surface area contributed by atoms with E-state index in [-0.39, 0.29) is 11.5 Å². The lowest BCUT2D eigenvalue weighted by molar-refractivity contribution is 0.702. The molecular weight excluding hydrogens is 334 g/mol. The largest absolute Gasteiger partial charge is 0.292 e. The lowest BCUT2D eigenvalue weighted by Gasteiger charge is -2.14. The van der Waals surface area contributed by atoms with E-state index in [9.17, 15) is 4.79 Å². The number of imidazole rings is 1. The SMILES string of the molecule is CC(C)c1c(-c2ccc(SN(C)C)cc2)nc(-n2ccnc2)[nH]c1=O. The number of rotatable bonds is 5. The van der Waals surface area contributed by atoms with Gasteiger partial charge in [0, 0.05) is 28.4 Å². The van der Waals surface area contributed by atoms with Gasteiger partial charge in [-0.3, -0.25) is 18.7 Å². The summed E-state index contributed by atoms with van der Waals surface area (Å²) in [4.78, 5) is 25.4. The third kappa shape index (κ3) is 3.83. The van der Waals surface area contributed by atoms with Gasteiger partial charge in [-0.2, -0.15) is 0 Å². The first-order valence-corrected chi connectivity index (χ1v) is 8.81. The van der Waals surface area contributed by atoms with E-state index in [1.165, 1.54) is 0 Å². The average Bonchev–Trinajstić information content (AvgIpc) is 3.08. The van der Waals surface area contributed by atoms with Crippen molar-refractivity contribution in [2.75, 3.05) is 14.1 Å². The number of hydrogen-bond acceptors (Lipinski definition) is 5. The summed E-state index contributed by atoms with van der Waals surface area (Å²) >= 11 is 1.65. The minimum absolute atomic E-state index is 0.0684. The van der Waals surface area contributed by atoms with Crippen LogP contribution in [-0.4, -0.2) is 37.9 Å². The maximum absolute atomic E-state index is 12.6. The molecule has 7 heteroatoms. The van der Waals surface area contributed by atoms with Crippen molar-refractivity contribution in [3.05, 3.63) is 58.9 Å². The van der Waals surface area contributed by atoms with Crippen molar-refractivity contribution in [1.82, 2.24) is 23.8 Å². The molecule has 0 amide bonds. The van der Waals surface area contributed by atoms with E-state index in [1.54, 1.807) is 35.2 Å². The Morgan fingerprint density at radius 2 is 1.92 bits per heavy atom. The molecule has 3 rings (SSSR count). The highest BCUT2D eigenvalue weighted by atomic mass is 32.2. The average molecular weight is 355 g/mol. The fourth-order valence-electron chi connectivity index (χ4n) is 2.62. The second kappa shape index (κ2) is 7.25. The van der Waals surface area contributed by atoms with Crippen molar-refractivity contribution < 1.29 is 0 Å². The molecule has 0 aliphatic carbocycles. The Morgan fingerprint density at radius 1 is 1.20 bits per heavy atom. The molecule has 0 saturated carbocycles. The first-order chi connectivity index (χ1) is 12.0. The summed E-state index contributed by atoms with van der Waals surface area (Å²) < 4.78 is 3.74. The molecule has 2 heterocycles. The molecule has 130 valence electrons. The van der Waals surface area contributed by atoms with Crippen molar-refractivity contribution >= 4 is 11.9 Å². The molecule has 0 aliphatic rings. The summed E-state index contributed by atoms with van der Waals surface area (Å²) in [5.74, 6) is 0.535. The van der Waals surface area contributed by atoms with Crippen LogP contribution < -0.4 is 5.56 Å². The maximum Gasteiger partial charge on any atom is 0.256 e. The van der Waals surface area contributed by atoms with Crippen LogP contribution in [0.1, 0.15) is 25.3 Å². The molecule has 0 saturated heterocycles. The van der Waals surface area contributed by atoms with Crippen molar-refractivity contribution in [2.24, 2.45) is 0 Å². The van der Waals surface area contributed by atoms with Crippen molar-refractivity contribution in [3.8, 4) is 17.2 Å². The first-order valence-electron chi connectivity index (χ1n) is 8.04. The zero-order valence-corrected chi connectivity index (χ0v) is 15.5. The number of benzene rings is 1. The van der Waals surface area contributed by atoms with Crippen molar-refractivity contribution in [3.63, 3.8) is 0 Å². The summed E-state index contributed by atoms with van der Waals surface area (Å²) in [6.07, 6.45) is 5.03. The van der Waals surface area contributed by atoms with Crippen LogP contribution in [0.3, 0.4) is 0 Å². The summed E-state index contributed by atoms with van der Waals surface area (Å²) in [6.45, 7) is 4.01. The van der Waals surface area contributed by atoms with Crippen LogP contribution in [0.25, 0.3) is 17.2 Å². The van der Waals surface area contributed by atoms with E-state index >= 15 is 0 Å². The van der Waals surface area contributed by atoms with Gasteiger partial charge in [0.05, 0.1) is 5.69 Å². The van der Waals surface area contributed by atoms with E-state index < -0.39 is 0 Å². The van der Waals surface area contributed by atoms with E-state index in [1.807, 2.05) is 56.5 Å². The molecule has 0 atom stereocenters. The van der Waals surface area contributed by atoms with Crippen molar-refractivity contribution in [1.29, 1.82) is 0 Å². The van der Waals surface area contributed by atoms with Crippen LogP contribution in [0.4, 0.5) is 0 Å². The van der Waals surface area contributed by atoms with E-state index in [2.05, 4.69) is 9.97 Å². The van der Waals surface area contributed by atoms with Gasteiger partial charge in [0.15, 0.2) is 0 Å². The fraction of sp³-hybridized carbons (Fsp3) is 0.278. The van der Waals surface area contributed by atoms with Gasteiger partial charge in [0.2, 0.25) is 5.95 Å². The van der Waals surface area contributed by atoms with Gasteiger partial charge in [0.1, 0.15) is 6.33 Å². The maximum atomic E-state index is 12.6. The van der Waals surface area contributed by atoms with Gasteiger partial charge in [-0.1, -0.05) is 26.0 Å². The Labute approximate surface area is 151 Å². The quantitative estimate of drug-likeness (QED) is 0.711. The number of nitrogens with one attached hydrogen (secondary N) is 1. The zero-order chi connectivity index (χ0) is 18.0. The number of hydrogen-bond donors (Lipinski definition) is 1. The standard InChI is InChI=1S/C18H21N5OS/c1-12(2)15-16(13-5-7-14(8-6-13)25-22(3)4)20-18(21-17(15)24)23-10-9-19-11-23/h5-12H,1-4H3,(H,20,21,24). The number of nitrogens with zero attached hydrogens (tertiary/aromatic N) is 4. The highest BCUT2D eigenvalue weighted by Crippen LogP contribution is 2.28. The Hall–Kier alpha value is -2.38. The van der Waals surface area contributed by atoms with Crippen molar-refractivity contribution in [2.45, 2.75) is 24.7 Å². The summed E-state index contributed by atoms with van der Waals surface area (Å²) in [5, 5.41) is 0. The second-order valence-electron chi connectivity index (χ2n) is 6.20. The highest BCUT2D eigenvalue weighted by Gasteiger charge is 2.17. The minimum Gasteiger partial charge on any atom is -0.292 e. The molecule has 0 spiro atoms. The summed E-state index contributed by atoms with van der Waals surface area (Å²) in [5.41, 5.74) is 2.22. The monoisotopic (exact) mass is 355 g/mol. The fourth-order valence-corrected chi connectivity index (χ4v) is 3.30. The number of aromatic amines is 1. The summed E-state index contributed by atoms with van der Waals surface area (Å²) in [7, 11) is 4.01. The predicted octanol–water partition coefficient (Wildman–Crippen LogP) is 3.31. The topological polar surface area (TPSA) is 66.8 Å². The predicted molar refractivity (Wildman–Crippen MR) is 101 cm³/mol. The second-order valence-corrected chi connectivity index (χ2v) is 7.59. The molecule has 0 radical (unpaired) electrons. The molecule has 25 heavy (non-hydrogen) atoms. The third-order valence-corrected chi connectivity index (χ3v) is 4.53. The van der Waals surface area contributed by atoms with Crippen LogP contribution in [0.2, 0.25) is 0 Å². The van der Waals surface area contributed by atoms with Gasteiger partial charge in [-0.05, 0) is 44.1 Å². The van der Waals surface area contributed by atoms with E-state index in [0.29, 0.717) is 17.2 Å². The molecular formula is C18H21N5OS. The van der Waals surface area contributed by atoms with Gasteiger partial charge < -0.3 is 0 Å². The Bertz CT molecular complexity index is 898. The molecule has 0 fully saturated rings.